The fourth-order valence-electron chi connectivity index (χ4n) is 1.86. The van der Waals surface area contributed by atoms with Crippen molar-refractivity contribution in [1.29, 1.82) is 0 Å². The Bertz CT molecular complexity index is 423. The highest BCUT2D eigenvalue weighted by Crippen LogP contribution is 2.10. The fraction of sp³-hybridized carbons (Fsp3) is 0.500. The first-order valence-electron chi connectivity index (χ1n) is 6.29. The van der Waals surface area contributed by atoms with E-state index < -0.39 is 0 Å². The normalized spacial score (nSPS) is 12.5. The van der Waals surface area contributed by atoms with Crippen LogP contribution < -0.4 is 5.73 Å². The third-order valence-corrected chi connectivity index (χ3v) is 3.13. The number of amides is 1. The summed E-state index contributed by atoms with van der Waals surface area (Å²) in [6.07, 6.45) is 0.370. The fourth-order valence-corrected chi connectivity index (χ4v) is 1.86. The topological polar surface area (TPSA) is 49.6 Å². The number of likely N-dealkylation sites (N-methyl/N-ethyl adjacent to an activating group) is 1. The van der Waals surface area contributed by atoms with Gasteiger partial charge in [0, 0.05) is 39.6 Å². The Labute approximate surface area is 114 Å². The minimum atomic E-state index is -0.250. The number of hydrogen-bond donors (Lipinski definition) is 1. The molecular weight excluding hydrogens is 245 g/mol. The van der Waals surface area contributed by atoms with Crippen molar-refractivity contribution in [3.8, 4) is 0 Å². The smallest absolute Gasteiger partial charge is 0.223 e. The maximum Gasteiger partial charge on any atom is 0.223 e. The molecule has 1 amide bonds. The van der Waals surface area contributed by atoms with Crippen LogP contribution in [0.1, 0.15) is 12.0 Å². The number of carbonyl (C=O) groups excluding carboxylic acids is 1. The van der Waals surface area contributed by atoms with E-state index in [0.29, 0.717) is 19.5 Å². The van der Waals surface area contributed by atoms with Gasteiger partial charge in [-0.05, 0) is 24.7 Å². The molecule has 0 aliphatic heterocycles. The number of nitrogens with two attached hydrogens (primary N) is 1. The third kappa shape index (κ3) is 4.96. The van der Waals surface area contributed by atoms with Gasteiger partial charge in [-0.3, -0.25) is 9.69 Å². The average Bonchev–Trinajstić information content (AvgIpc) is 2.35. The Balaban J connectivity index is 2.63. The van der Waals surface area contributed by atoms with Crippen molar-refractivity contribution in [2.24, 2.45) is 5.73 Å². The predicted molar refractivity (Wildman–Crippen MR) is 74.0 cm³/mol. The highest BCUT2D eigenvalue weighted by molar-refractivity contribution is 5.76. The van der Waals surface area contributed by atoms with E-state index >= 15 is 0 Å². The molecule has 0 radical (unpaired) electrons. The van der Waals surface area contributed by atoms with E-state index in [9.17, 15) is 9.18 Å². The first-order chi connectivity index (χ1) is 8.93. The second-order valence-electron chi connectivity index (χ2n) is 4.93. The first kappa shape index (κ1) is 15.6. The molecular formula is C14H22FN3O. The molecule has 0 saturated carbocycles. The van der Waals surface area contributed by atoms with Crippen LogP contribution >= 0.6 is 0 Å². The number of carbonyl (C=O) groups is 1. The zero-order chi connectivity index (χ0) is 14.4. The molecule has 5 heteroatoms. The summed E-state index contributed by atoms with van der Waals surface area (Å²) in [6.45, 7) is 0.964. The second-order valence-corrected chi connectivity index (χ2v) is 4.93. The number of rotatable bonds is 6. The highest BCUT2D eigenvalue weighted by Gasteiger charge is 2.18. The van der Waals surface area contributed by atoms with E-state index in [0.717, 1.165) is 5.56 Å². The Morgan fingerprint density at radius 2 is 2.05 bits per heavy atom. The molecule has 4 nitrogen and oxygen atoms in total. The summed E-state index contributed by atoms with van der Waals surface area (Å²) in [6, 6.07) is 6.41. The van der Waals surface area contributed by atoms with Gasteiger partial charge in [0.15, 0.2) is 0 Å². The molecule has 0 heterocycles. The quantitative estimate of drug-likeness (QED) is 0.838. The van der Waals surface area contributed by atoms with Crippen molar-refractivity contribution in [3.63, 3.8) is 0 Å². The Hall–Kier alpha value is -1.46. The molecule has 1 atom stereocenters. The molecule has 1 unspecified atom stereocenters. The summed E-state index contributed by atoms with van der Waals surface area (Å²) in [5.74, 6) is -0.207. The summed E-state index contributed by atoms with van der Waals surface area (Å²) >= 11 is 0. The van der Waals surface area contributed by atoms with Gasteiger partial charge in [-0.2, -0.15) is 0 Å². The van der Waals surface area contributed by atoms with Crippen LogP contribution in [0.5, 0.6) is 0 Å². The van der Waals surface area contributed by atoms with Crippen LogP contribution in [0.3, 0.4) is 0 Å². The highest BCUT2D eigenvalue weighted by atomic mass is 19.1. The molecule has 1 rings (SSSR count). The Kier molecular flexibility index (Phi) is 5.92. The van der Waals surface area contributed by atoms with Crippen LogP contribution in [0.15, 0.2) is 24.3 Å². The number of benzene rings is 1. The lowest BCUT2D eigenvalue weighted by atomic mass is 10.1. The van der Waals surface area contributed by atoms with Crippen molar-refractivity contribution in [3.05, 3.63) is 35.6 Å². The third-order valence-electron chi connectivity index (χ3n) is 3.13. The lowest BCUT2D eigenvalue weighted by Gasteiger charge is -2.27. The van der Waals surface area contributed by atoms with Gasteiger partial charge in [0.1, 0.15) is 5.82 Å². The van der Waals surface area contributed by atoms with Gasteiger partial charge in [-0.15, -0.1) is 0 Å². The minimum Gasteiger partial charge on any atom is -0.349 e. The molecule has 0 fully saturated rings. The molecule has 0 bridgehead atoms. The molecule has 1 aromatic carbocycles. The molecule has 0 aromatic heterocycles. The van der Waals surface area contributed by atoms with Crippen molar-refractivity contribution < 1.29 is 9.18 Å². The zero-order valence-corrected chi connectivity index (χ0v) is 11.8. The van der Waals surface area contributed by atoms with Crippen LogP contribution in [0.25, 0.3) is 0 Å². The maximum atomic E-state index is 13.1. The second kappa shape index (κ2) is 7.21. The summed E-state index contributed by atoms with van der Waals surface area (Å²) in [7, 11) is 5.34. The predicted octanol–water partition coefficient (Wildman–Crippen LogP) is 1.06. The zero-order valence-electron chi connectivity index (χ0n) is 11.8. The largest absolute Gasteiger partial charge is 0.349 e. The van der Waals surface area contributed by atoms with E-state index in [1.807, 2.05) is 18.0 Å². The van der Waals surface area contributed by atoms with E-state index in [1.165, 1.54) is 12.1 Å². The molecule has 106 valence electrons. The molecule has 0 aliphatic carbocycles. The van der Waals surface area contributed by atoms with Gasteiger partial charge in [0.05, 0.1) is 0 Å². The Morgan fingerprint density at radius 3 is 2.58 bits per heavy atom. The number of halogens is 1. The van der Waals surface area contributed by atoms with Crippen LogP contribution in [0, 0.1) is 5.82 Å². The summed E-state index contributed by atoms with van der Waals surface area (Å²) in [5, 5.41) is 0. The van der Waals surface area contributed by atoms with Crippen LogP contribution in [-0.4, -0.2) is 49.4 Å². The van der Waals surface area contributed by atoms with Crippen LogP contribution in [0.4, 0.5) is 4.39 Å². The summed E-state index contributed by atoms with van der Waals surface area (Å²) < 4.78 is 13.1. The van der Waals surface area contributed by atoms with Crippen LogP contribution in [-0.2, 0) is 11.3 Å². The van der Waals surface area contributed by atoms with Crippen LogP contribution in [0.2, 0.25) is 0 Å². The van der Waals surface area contributed by atoms with Gasteiger partial charge < -0.3 is 10.6 Å². The van der Waals surface area contributed by atoms with E-state index in [4.69, 9.17) is 5.73 Å². The average molecular weight is 267 g/mol. The SMILES string of the molecule is CN(C)C(=O)CC(CN)N(C)Cc1cccc(F)c1. The van der Waals surface area contributed by atoms with Gasteiger partial charge in [-0.25, -0.2) is 4.39 Å². The van der Waals surface area contributed by atoms with Gasteiger partial charge >= 0.3 is 0 Å². The van der Waals surface area contributed by atoms with Gasteiger partial charge in [-0.1, -0.05) is 12.1 Å². The van der Waals surface area contributed by atoms with Crippen molar-refractivity contribution in [2.75, 3.05) is 27.7 Å². The van der Waals surface area contributed by atoms with Gasteiger partial charge in [0.25, 0.3) is 0 Å². The molecule has 19 heavy (non-hydrogen) atoms. The maximum absolute atomic E-state index is 13.1. The summed E-state index contributed by atoms with van der Waals surface area (Å²) in [4.78, 5) is 15.2. The molecule has 1 aromatic rings. The standard InChI is InChI=1S/C14H22FN3O/c1-17(2)14(19)8-13(9-16)18(3)10-11-5-4-6-12(15)7-11/h4-7,13H,8-10,16H2,1-3H3. The molecule has 2 N–H and O–H groups in total. The van der Waals surface area contributed by atoms with Crippen molar-refractivity contribution in [2.45, 2.75) is 19.0 Å². The Morgan fingerprint density at radius 1 is 1.37 bits per heavy atom. The summed E-state index contributed by atoms with van der Waals surface area (Å²) in [5.41, 5.74) is 6.59. The van der Waals surface area contributed by atoms with Gasteiger partial charge in [0.2, 0.25) is 5.91 Å². The molecule has 0 spiro atoms. The van der Waals surface area contributed by atoms with E-state index in [1.54, 1.807) is 25.1 Å². The molecule has 0 saturated heterocycles. The molecule has 0 aliphatic rings. The lowest BCUT2D eigenvalue weighted by molar-refractivity contribution is -0.129. The van der Waals surface area contributed by atoms with E-state index in [-0.39, 0.29) is 17.8 Å². The first-order valence-corrected chi connectivity index (χ1v) is 6.29. The number of hydrogen-bond acceptors (Lipinski definition) is 3. The minimum absolute atomic E-state index is 0.0431. The van der Waals surface area contributed by atoms with E-state index in [2.05, 4.69) is 0 Å². The monoisotopic (exact) mass is 267 g/mol. The van der Waals surface area contributed by atoms with Crippen molar-refractivity contribution >= 4 is 5.91 Å². The number of nitrogens with zero attached hydrogens (tertiary/aromatic N) is 2. The lowest BCUT2D eigenvalue weighted by Crippen LogP contribution is -2.41. The van der Waals surface area contributed by atoms with Crippen molar-refractivity contribution in [1.82, 2.24) is 9.80 Å².